The first-order valence-corrected chi connectivity index (χ1v) is 6.15. The molecule has 0 spiro atoms. The summed E-state index contributed by atoms with van der Waals surface area (Å²) in [5.41, 5.74) is 2.24. The van der Waals surface area contributed by atoms with Gasteiger partial charge in [-0.2, -0.15) is 0 Å². The van der Waals surface area contributed by atoms with Gasteiger partial charge in [0.1, 0.15) is 11.6 Å². The van der Waals surface area contributed by atoms with Crippen molar-refractivity contribution in [1.82, 2.24) is 0 Å². The summed E-state index contributed by atoms with van der Waals surface area (Å²) in [7, 11) is 0. The van der Waals surface area contributed by atoms with Crippen molar-refractivity contribution in [2.24, 2.45) is 0 Å². The van der Waals surface area contributed by atoms with E-state index < -0.39 is 0 Å². The van der Waals surface area contributed by atoms with Crippen molar-refractivity contribution >= 4 is 27.5 Å². The van der Waals surface area contributed by atoms with Crippen LogP contribution in [-0.2, 0) is 9.59 Å². The van der Waals surface area contributed by atoms with Crippen LogP contribution >= 0.6 is 15.9 Å². The molecule has 0 heterocycles. The van der Waals surface area contributed by atoms with E-state index in [1.807, 2.05) is 19.1 Å². The monoisotopic (exact) mass is 280 g/mol. The Hall–Kier alpha value is -0.960. The Morgan fingerprint density at radius 2 is 1.81 bits per heavy atom. The quantitative estimate of drug-likeness (QED) is 0.741. The third-order valence-electron chi connectivity index (χ3n) is 3.00. The minimum absolute atomic E-state index is 0.0711. The summed E-state index contributed by atoms with van der Waals surface area (Å²) in [4.78, 5) is 22.8. The molecule has 1 aromatic rings. The maximum atomic E-state index is 11.4. The molecule has 0 amide bonds. The van der Waals surface area contributed by atoms with Crippen molar-refractivity contribution in [1.29, 1.82) is 0 Å². The standard InChI is InChI=1S/C13H13BrO2/c1-8-4-9(2-3-13(8)14)10-5-11(15)7-12(16)6-10/h2-4,10H,5-7H2,1H3. The summed E-state index contributed by atoms with van der Waals surface area (Å²) >= 11 is 3.44. The van der Waals surface area contributed by atoms with Crippen LogP contribution in [0.5, 0.6) is 0 Å². The van der Waals surface area contributed by atoms with E-state index in [9.17, 15) is 9.59 Å². The molecule has 0 saturated heterocycles. The van der Waals surface area contributed by atoms with Crippen molar-refractivity contribution in [3.05, 3.63) is 33.8 Å². The van der Waals surface area contributed by atoms with Gasteiger partial charge in [0.05, 0.1) is 6.42 Å². The van der Waals surface area contributed by atoms with Crippen LogP contribution < -0.4 is 0 Å². The largest absolute Gasteiger partial charge is 0.299 e. The van der Waals surface area contributed by atoms with Gasteiger partial charge in [0.2, 0.25) is 0 Å². The average molecular weight is 281 g/mol. The lowest BCUT2D eigenvalue weighted by Crippen LogP contribution is -2.21. The molecule has 0 atom stereocenters. The van der Waals surface area contributed by atoms with Crippen molar-refractivity contribution in [2.45, 2.75) is 32.1 Å². The lowest BCUT2D eigenvalue weighted by Gasteiger charge is -2.20. The summed E-state index contributed by atoms with van der Waals surface area (Å²) in [6.07, 6.45) is 1.14. The lowest BCUT2D eigenvalue weighted by atomic mass is 9.82. The Morgan fingerprint density at radius 3 is 2.38 bits per heavy atom. The Bertz CT molecular complexity index is 435. The highest BCUT2D eigenvalue weighted by Gasteiger charge is 2.26. The number of Topliss-reactive ketones (excluding diaryl/α,β-unsaturated/α-hetero) is 2. The topological polar surface area (TPSA) is 34.1 Å². The molecule has 2 rings (SSSR count). The highest BCUT2D eigenvalue weighted by atomic mass is 79.9. The zero-order valence-electron chi connectivity index (χ0n) is 9.13. The number of hydrogen-bond acceptors (Lipinski definition) is 2. The minimum atomic E-state index is 0.0711. The summed E-state index contributed by atoms with van der Waals surface area (Å²) in [6, 6.07) is 6.03. The molecule has 2 nitrogen and oxygen atoms in total. The van der Waals surface area contributed by atoms with Gasteiger partial charge in [-0.1, -0.05) is 28.1 Å². The Kier molecular flexibility index (Phi) is 3.24. The fourth-order valence-corrected chi connectivity index (χ4v) is 2.39. The SMILES string of the molecule is Cc1cc(C2CC(=O)CC(=O)C2)ccc1Br. The molecule has 0 radical (unpaired) electrons. The van der Waals surface area contributed by atoms with Gasteiger partial charge in [-0.3, -0.25) is 9.59 Å². The van der Waals surface area contributed by atoms with Crippen LogP contribution in [0.3, 0.4) is 0 Å². The fourth-order valence-electron chi connectivity index (χ4n) is 2.14. The summed E-state index contributed by atoms with van der Waals surface area (Å²) < 4.78 is 1.06. The van der Waals surface area contributed by atoms with E-state index in [2.05, 4.69) is 22.0 Å². The molecule has 0 unspecified atom stereocenters. The van der Waals surface area contributed by atoms with Crippen LogP contribution in [0.15, 0.2) is 22.7 Å². The normalized spacial score (nSPS) is 17.9. The fraction of sp³-hybridized carbons (Fsp3) is 0.385. The van der Waals surface area contributed by atoms with Crippen molar-refractivity contribution in [3.8, 4) is 0 Å². The molecule has 0 aliphatic heterocycles. The van der Waals surface area contributed by atoms with Crippen LogP contribution in [0.1, 0.15) is 36.3 Å². The number of benzene rings is 1. The maximum Gasteiger partial charge on any atom is 0.140 e. The molecule has 1 saturated carbocycles. The minimum Gasteiger partial charge on any atom is -0.299 e. The molecule has 1 aliphatic carbocycles. The van der Waals surface area contributed by atoms with Crippen molar-refractivity contribution < 1.29 is 9.59 Å². The maximum absolute atomic E-state index is 11.4. The predicted molar refractivity (Wildman–Crippen MR) is 65.5 cm³/mol. The Balaban J connectivity index is 2.26. The van der Waals surface area contributed by atoms with E-state index in [-0.39, 0.29) is 23.9 Å². The zero-order chi connectivity index (χ0) is 11.7. The molecule has 3 heteroatoms. The molecule has 0 bridgehead atoms. The summed E-state index contributed by atoms with van der Waals surface area (Å²) in [5.74, 6) is 0.226. The van der Waals surface area contributed by atoms with E-state index in [1.54, 1.807) is 0 Å². The van der Waals surface area contributed by atoms with Crippen molar-refractivity contribution in [3.63, 3.8) is 0 Å². The van der Waals surface area contributed by atoms with Crippen LogP contribution in [-0.4, -0.2) is 11.6 Å². The number of hydrogen-bond donors (Lipinski definition) is 0. The van der Waals surface area contributed by atoms with Crippen LogP contribution in [0.4, 0.5) is 0 Å². The number of carbonyl (C=O) groups is 2. The van der Waals surface area contributed by atoms with E-state index >= 15 is 0 Å². The highest BCUT2D eigenvalue weighted by molar-refractivity contribution is 9.10. The molecule has 16 heavy (non-hydrogen) atoms. The first-order valence-electron chi connectivity index (χ1n) is 5.35. The van der Waals surface area contributed by atoms with Gasteiger partial charge in [0, 0.05) is 17.3 Å². The van der Waals surface area contributed by atoms with E-state index in [1.165, 1.54) is 0 Å². The van der Waals surface area contributed by atoms with Crippen LogP contribution in [0.2, 0.25) is 0 Å². The summed E-state index contributed by atoms with van der Waals surface area (Å²) in [5, 5.41) is 0. The van der Waals surface area contributed by atoms with Crippen LogP contribution in [0.25, 0.3) is 0 Å². The molecule has 1 aromatic carbocycles. The summed E-state index contributed by atoms with van der Waals surface area (Å²) in [6.45, 7) is 2.01. The smallest absolute Gasteiger partial charge is 0.140 e. The van der Waals surface area contributed by atoms with E-state index in [0.29, 0.717) is 12.8 Å². The number of carbonyl (C=O) groups excluding carboxylic acids is 2. The Labute approximate surface area is 103 Å². The molecular formula is C13H13BrO2. The third kappa shape index (κ3) is 2.40. The second-order valence-electron chi connectivity index (χ2n) is 4.37. The average Bonchev–Trinajstić information content (AvgIpc) is 2.20. The van der Waals surface area contributed by atoms with Gasteiger partial charge >= 0.3 is 0 Å². The lowest BCUT2D eigenvalue weighted by molar-refractivity contribution is -0.130. The number of halogens is 1. The first-order chi connectivity index (χ1) is 7.56. The van der Waals surface area contributed by atoms with Gasteiger partial charge in [0.25, 0.3) is 0 Å². The number of aryl methyl sites for hydroxylation is 1. The third-order valence-corrected chi connectivity index (χ3v) is 3.89. The second-order valence-corrected chi connectivity index (χ2v) is 5.22. The first kappa shape index (κ1) is 11.5. The Morgan fingerprint density at radius 1 is 1.19 bits per heavy atom. The molecule has 0 N–H and O–H groups in total. The molecular weight excluding hydrogens is 268 g/mol. The molecule has 0 aromatic heterocycles. The van der Waals surface area contributed by atoms with Crippen molar-refractivity contribution in [2.75, 3.05) is 0 Å². The van der Waals surface area contributed by atoms with Crippen LogP contribution in [0, 0.1) is 6.92 Å². The number of ketones is 2. The van der Waals surface area contributed by atoms with Gasteiger partial charge in [-0.15, -0.1) is 0 Å². The second kappa shape index (κ2) is 4.50. The van der Waals surface area contributed by atoms with E-state index in [0.717, 1.165) is 15.6 Å². The van der Waals surface area contributed by atoms with Gasteiger partial charge < -0.3 is 0 Å². The van der Waals surface area contributed by atoms with Gasteiger partial charge in [-0.05, 0) is 30.0 Å². The van der Waals surface area contributed by atoms with Gasteiger partial charge in [0.15, 0.2) is 0 Å². The van der Waals surface area contributed by atoms with Gasteiger partial charge in [-0.25, -0.2) is 0 Å². The number of rotatable bonds is 1. The van der Waals surface area contributed by atoms with E-state index in [4.69, 9.17) is 0 Å². The predicted octanol–water partition coefficient (Wildman–Crippen LogP) is 3.16. The zero-order valence-corrected chi connectivity index (χ0v) is 10.7. The highest BCUT2D eigenvalue weighted by Crippen LogP contribution is 2.31. The molecule has 84 valence electrons. The molecule has 1 aliphatic rings. The molecule has 1 fully saturated rings.